The maximum absolute atomic E-state index is 5.22. The molecule has 0 saturated heterocycles. The van der Waals surface area contributed by atoms with Gasteiger partial charge in [0.05, 0.1) is 6.61 Å². The van der Waals surface area contributed by atoms with Crippen molar-refractivity contribution < 1.29 is 4.74 Å². The van der Waals surface area contributed by atoms with E-state index in [1.165, 1.54) is 16.8 Å². The summed E-state index contributed by atoms with van der Waals surface area (Å²) in [6, 6.07) is 6.70. The van der Waals surface area contributed by atoms with Gasteiger partial charge in [0.2, 0.25) is 0 Å². The number of likely N-dealkylation sites (N-methyl/N-ethyl adjacent to an activating group) is 1. The summed E-state index contributed by atoms with van der Waals surface area (Å²) in [5, 5.41) is 3.58. The summed E-state index contributed by atoms with van der Waals surface area (Å²) in [6.45, 7) is 14.5. The quantitative estimate of drug-likeness (QED) is 0.828. The van der Waals surface area contributed by atoms with Gasteiger partial charge >= 0.3 is 0 Å². The van der Waals surface area contributed by atoms with Gasteiger partial charge in [0.25, 0.3) is 0 Å². The minimum Gasteiger partial charge on any atom is -0.383 e. The van der Waals surface area contributed by atoms with Crippen molar-refractivity contribution in [1.82, 2.24) is 5.32 Å². The molecule has 0 aliphatic heterocycles. The highest BCUT2D eigenvalue weighted by Crippen LogP contribution is 2.22. The molecule has 0 amide bonds. The summed E-state index contributed by atoms with van der Waals surface area (Å²) >= 11 is 0. The third kappa shape index (κ3) is 5.51. The normalized spacial score (nSPS) is 11.7. The van der Waals surface area contributed by atoms with Gasteiger partial charge < -0.3 is 15.0 Å². The lowest BCUT2D eigenvalue weighted by molar-refractivity contribution is 0.205. The zero-order valence-corrected chi connectivity index (χ0v) is 13.9. The number of hydrogen-bond donors (Lipinski definition) is 1. The first kappa shape index (κ1) is 17.0. The van der Waals surface area contributed by atoms with Crippen LogP contribution < -0.4 is 10.2 Å². The standard InChI is InChI=1S/C17H30N2O/c1-7-19(10-11-20-6)16-9-8-14(2)12-15(16)13-18-17(3,4)5/h8-9,12,18H,7,10-11,13H2,1-6H3. The molecule has 3 nitrogen and oxygen atoms in total. The minimum atomic E-state index is 0.130. The van der Waals surface area contributed by atoms with Crippen LogP contribution in [0.1, 0.15) is 38.8 Å². The van der Waals surface area contributed by atoms with Crippen molar-refractivity contribution in [2.24, 2.45) is 0 Å². The van der Waals surface area contributed by atoms with Crippen molar-refractivity contribution in [2.45, 2.75) is 46.7 Å². The van der Waals surface area contributed by atoms with E-state index in [-0.39, 0.29) is 5.54 Å². The smallest absolute Gasteiger partial charge is 0.0637 e. The molecule has 1 N–H and O–H groups in total. The number of aryl methyl sites for hydroxylation is 1. The summed E-state index contributed by atoms with van der Waals surface area (Å²) in [4.78, 5) is 2.38. The Bertz CT molecular complexity index is 410. The molecule has 1 aromatic rings. The van der Waals surface area contributed by atoms with Crippen LogP contribution in [0.3, 0.4) is 0 Å². The fourth-order valence-corrected chi connectivity index (χ4v) is 2.18. The maximum Gasteiger partial charge on any atom is 0.0637 e. The Balaban J connectivity index is 2.93. The molecule has 0 bridgehead atoms. The minimum absolute atomic E-state index is 0.130. The molecule has 0 fully saturated rings. The van der Waals surface area contributed by atoms with Crippen LogP contribution in [0.15, 0.2) is 18.2 Å². The Kier molecular flexibility index (Phi) is 6.50. The van der Waals surface area contributed by atoms with Crippen LogP contribution in [-0.2, 0) is 11.3 Å². The second-order valence-corrected chi connectivity index (χ2v) is 6.31. The average molecular weight is 278 g/mol. The van der Waals surface area contributed by atoms with E-state index in [1.54, 1.807) is 7.11 Å². The predicted octanol–water partition coefficient (Wildman–Crippen LogP) is 3.36. The maximum atomic E-state index is 5.22. The van der Waals surface area contributed by atoms with Gasteiger partial charge in [0, 0.05) is 38.0 Å². The number of rotatable bonds is 7. The largest absolute Gasteiger partial charge is 0.383 e. The zero-order valence-electron chi connectivity index (χ0n) is 13.9. The lowest BCUT2D eigenvalue weighted by atomic mass is 10.0. The lowest BCUT2D eigenvalue weighted by Gasteiger charge is -2.28. The number of benzene rings is 1. The summed E-state index contributed by atoms with van der Waals surface area (Å²) in [5.74, 6) is 0. The predicted molar refractivity (Wildman–Crippen MR) is 87.5 cm³/mol. The molecular weight excluding hydrogens is 248 g/mol. The highest BCUT2D eigenvalue weighted by molar-refractivity contribution is 5.55. The summed E-state index contributed by atoms with van der Waals surface area (Å²) in [5.41, 5.74) is 4.11. The van der Waals surface area contributed by atoms with E-state index in [9.17, 15) is 0 Å². The highest BCUT2D eigenvalue weighted by Gasteiger charge is 2.13. The molecule has 3 heteroatoms. The monoisotopic (exact) mass is 278 g/mol. The van der Waals surface area contributed by atoms with Gasteiger partial charge in [-0.3, -0.25) is 0 Å². The Morgan fingerprint density at radius 3 is 2.50 bits per heavy atom. The Hall–Kier alpha value is -1.06. The average Bonchev–Trinajstić information content (AvgIpc) is 2.38. The van der Waals surface area contributed by atoms with Crippen LogP contribution in [0, 0.1) is 6.92 Å². The van der Waals surface area contributed by atoms with Crippen molar-refractivity contribution in [2.75, 3.05) is 31.7 Å². The van der Waals surface area contributed by atoms with Gasteiger partial charge in [0.1, 0.15) is 0 Å². The summed E-state index contributed by atoms with van der Waals surface area (Å²) < 4.78 is 5.22. The molecule has 0 aliphatic rings. The van der Waals surface area contributed by atoms with Gasteiger partial charge in [-0.15, -0.1) is 0 Å². The van der Waals surface area contributed by atoms with Gasteiger partial charge in [-0.05, 0) is 46.2 Å². The molecule has 0 saturated carbocycles. The molecule has 1 rings (SSSR count). The number of ether oxygens (including phenoxy) is 1. The summed E-state index contributed by atoms with van der Waals surface area (Å²) in [6.07, 6.45) is 0. The second kappa shape index (κ2) is 7.65. The van der Waals surface area contributed by atoms with Crippen molar-refractivity contribution in [3.8, 4) is 0 Å². The van der Waals surface area contributed by atoms with E-state index in [1.807, 2.05) is 0 Å². The summed E-state index contributed by atoms with van der Waals surface area (Å²) in [7, 11) is 1.76. The van der Waals surface area contributed by atoms with Crippen LogP contribution in [0.2, 0.25) is 0 Å². The van der Waals surface area contributed by atoms with E-state index >= 15 is 0 Å². The van der Waals surface area contributed by atoms with Gasteiger partial charge in [-0.25, -0.2) is 0 Å². The molecule has 0 atom stereocenters. The van der Waals surface area contributed by atoms with Crippen LogP contribution in [-0.4, -0.2) is 32.3 Å². The van der Waals surface area contributed by atoms with Gasteiger partial charge in [-0.1, -0.05) is 17.7 Å². The third-order valence-corrected chi connectivity index (χ3v) is 3.33. The fourth-order valence-electron chi connectivity index (χ4n) is 2.18. The van der Waals surface area contributed by atoms with E-state index in [4.69, 9.17) is 4.74 Å². The first-order valence-corrected chi connectivity index (χ1v) is 7.46. The van der Waals surface area contributed by atoms with E-state index < -0.39 is 0 Å². The van der Waals surface area contributed by atoms with Gasteiger partial charge in [0.15, 0.2) is 0 Å². The van der Waals surface area contributed by atoms with Crippen molar-refractivity contribution in [3.63, 3.8) is 0 Å². The molecule has 1 aromatic carbocycles. The number of hydrogen-bond acceptors (Lipinski definition) is 3. The van der Waals surface area contributed by atoms with Gasteiger partial charge in [-0.2, -0.15) is 0 Å². The fraction of sp³-hybridized carbons (Fsp3) is 0.647. The zero-order chi connectivity index (χ0) is 15.2. The molecular formula is C17H30N2O. The van der Waals surface area contributed by atoms with Crippen molar-refractivity contribution in [3.05, 3.63) is 29.3 Å². The topological polar surface area (TPSA) is 24.5 Å². The molecule has 114 valence electrons. The third-order valence-electron chi connectivity index (χ3n) is 3.33. The van der Waals surface area contributed by atoms with Crippen LogP contribution in [0.5, 0.6) is 0 Å². The highest BCUT2D eigenvalue weighted by atomic mass is 16.5. The Morgan fingerprint density at radius 1 is 1.25 bits per heavy atom. The van der Waals surface area contributed by atoms with Crippen molar-refractivity contribution in [1.29, 1.82) is 0 Å². The molecule has 0 aromatic heterocycles. The molecule has 0 radical (unpaired) electrons. The first-order valence-electron chi connectivity index (χ1n) is 7.46. The van der Waals surface area contributed by atoms with E-state index in [2.05, 4.69) is 63.0 Å². The molecule has 0 spiro atoms. The SMILES string of the molecule is CCN(CCOC)c1ccc(C)cc1CNC(C)(C)C. The first-order chi connectivity index (χ1) is 9.37. The van der Waals surface area contributed by atoms with E-state index in [0.717, 1.165) is 26.2 Å². The molecule has 0 aliphatic carbocycles. The van der Waals surface area contributed by atoms with E-state index in [0.29, 0.717) is 0 Å². The van der Waals surface area contributed by atoms with Crippen LogP contribution in [0.25, 0.3) is 0 Å². The molecule has 0 heterocycles. The Labute approximate surface area is 124 Å². The van der Waals surface area contributed by atoms with Crippen molar-refractivity contribution >= 4 is 5.69 Å². The number of nitrogens with zero attached hydrogens (tertiary/aromatic N) is 1. The Morgan fingerprint density at radius 2 is 1.95 bits per heavy atom. The second-order valence-electron chi connectivity index (χ2n) is 6.31. The number of anilines is 1. The van der Waals surface area contributed by atoms with Crippen LogP contribution in [0.4, 0.5) is 5.69 Å². The lowest BCUT2D eigenvalue weighted by Crippen LogP contribution is -2.36. The van der Waals surface area contributed by atoms with Crippen LogP contribution >= 0.6 is 0 Å². The molecule has 20 heavy (non-hydrogen) atoms. The molecule has 0 unspecified atom stereocenters. The number of nitrogens with one attached hydrogen (secondary N) is 1. The number of methoxy groups -OCH3 is 1.